The molecule has 0 aliphatic heterocycles. The number of para-hydroxylation sites is 1. The molecule has 0 radical (unpaired) electrons. The van der Waals surface area contributed by atoms with Crippen molar-refractivity contribution < 1.29 is 24.9 Å². The molecule has 0 heterocycles. The van der Waals surface area contributed by atoms with Gasteiger partial charge in [0.25, 0.3) is 0 Å². The first-order chi connectivity index (χ1) is 8.04. The second-order valence-electron chi connectivity index (χ2n) is 3.45. The molecule has 1 rings (SSSR count). The van der Waals surface area contributed by atoms with Crippen molar-refractivity contribution in [3.63, 3.8) is 0 Å². The van der Waals surface area contributed by atoms with Crippen LogP contribution in [0.5, 0.6) is 5.75 Å². The first kappa shape index (κ1) is 13.0. The molecule has 1 unspecified atom stereocenters. The first-order valence-electron chi connectivity index (χ1n) is 4.94. The lowest BCUT2D eigenvalue weighted by atomic mass is 10.1. The Morgan fingerprint density at radius 2 is 1.94 bits per heavy atom. The second-order valence-corrected chi connectivity index (χ2v) is 3.45. The lowest BCUT2D eigenvalue weighted by Gasteiger charge is -2.11. The number of aromatic hydroxyl groups is 1. The summed E-state index contributed by atoms with van der Waals surface area (Å²) < 4.78 is 0. The number of hydrogen-bond acceptors (Lipinski definition) is 4. The standard InChI is InChI=1S/C11H13NO5/c13-6-8(11(16)17)12-10(15)5-7-3-1-2-4-9(7)14/h1-4,8,13-14H,5-6H2,(H,12,15)(H,16,17). The van der Waals surface area contributed by atoms with Crippen LogP contribution >= 0.6 is 0 Å². The monoisotopic (exact) mass is 239 g/mol. The maximum Gasteiger partial charge on any atom is 0.328 e. The average Bonchev–Trinajstić information content (AvgIpc) is 2.28. The number of aliphatic carboxylic acids is 1. The minimum Gasteiger partial charge on any atom is -0.508 e. The van der Waals surface area contributed by atoms with Gasteiger partial charge in [-0.2, -0.15) is 0 Å². The summed E-state index contributed by atoms with van der Waals surface area (Å²) in [5, 5.41) is 28.9. The first-order valence-corrected chi connectivity index (χ1v) is 4.94. The normalized spacial score (nSPS) is 11.8. The molecule has 0 aliphatic rings. The average molecular weight is 239 g/mol. The summed E-state index contributed by atoms with van der Waals surface area (Å²) in [5.41, 5.74) is 0.395. The molecule has 0 bridgehead atoms. The number of carbonyl (C=O) groups is 2. The number of carboxylic acid groups (broad SMARTS) is 1. The molecule has 0 aromatic heterocycles. The van der Waals surface area contributed by atoms with Gasteiger partial charge in [0.05, 0.1) is 13.0 Å². The molecule has 1 amide bonds. The zero-order valence-corrected chi connectivity index (χ0v) is 8.96. The van der Waals surface area contributed by atoms with Crippen LogP contribution in [-0.2, 0) is 16.0 Å². The van der Waals surface area contributed by atoms with E-state index in [0.29, 0.717) is 5.56 Å². The fourth-order valence-electron chi connectivity index (χ4n) is 1.26. The molecule has 6 nitrogen and oxygen atoms in total. The maximum absolute atomic E-state index is 11.4. The summed E-state index contributed by atoms with van der Waals surface area (Å²) in [7, 11) is 0. The summed E-state index contributed by atoms with van der Waals surface area (Å²) in [4.78, 5) is 22.0. The molecule has 0 fully saturated rings. The van der Waals surface area contributed by atoms with E-state index in [9.17, 15) is 14.7 Å². The van der Waals surface area contributed by atoms with E-state index in [1.807, 2.05) is 0 Å². The second kappa shape index (κ2) is 5.86. The smallest absolute Gasteiger partial charge is 0.328 e. The number of carbonyl (C=O) groups excluding carboxylic acids is 1. The van der Waals surface area contributed by atoms with Gasteiger partial charge in [0.1, 0.15) is 11.8 Å². The molecule has 1 aromatic rings. The molecule has 0 aliphatic carbocycles. The van der Waals surface area contributed by atoms with Crippen LogP contribution in [0.1, 0.15) is 5.56 Å². The number of amides is 1. The van der Waals surface area contributed by atoms with Gasteiger partial charge in [-0.25, -0.2) is 4.79 Å². The molecule has 92 valence electrons. The third-order valence-electron chi connectivity index (χ3n) is 2.16. The van der Waals surface area contributed by atoms with Gasteiger partial charge in [-0.15, -0.1) is 0 Å². The molecule has 1 aromatic carbocycles. The van der Waals surface area contributed by atoms with Crippen LogP contribution < -0.4 is 5.32 Å². The van der Waals surface area contributed by atoms with Crippen molar-refractivity contribution in [2.75, 3.05) is 6.61 Å². The van der Waals surface area contributed by atoms with Gasteiger partial charge in [0.15, 0.2) is 0 Å². The highest BCUT2D eigenvalue weighted by molar-refractivity contribution is 5.85. The molecule has 0 saturated carbocycles. The van der Waals surface area contributed by atoms with Crippen LogP contribution in [0, 0.1) is 0 Å². The van der Waals surface area contributed by atoms with Crippen LogP contribution in [0.25, 0.3) is 0 Å². The zero-order valence-electron chi connectivity index (χ0n) is 8.96. The Morgan fingerprint density at radius 3 is 2.47 bits per heavy atom. The third kappa shape index (κ3) is 3.76. The third-order valence-corrected chi connectivity index (χ3v) is 2.16. The fourth-order valence-corrected chi connectivity index (χ4v) is 1.26. The van der Waals surface area contributed by atoms with Crippen LogP contribution in [0.2, 0.25) is 0 Å². The molecule has 17 heavy (non-hydrogen) atoms. The Hall–Kier alpha value is -2.08. The number of aliphatic hydroxyl groups is 1. The Labute approximate surface area is 97.5 Å². The van der Waals surface area contributed by atoms with Crippen molar-refractivity contribution in [1.29, 1.82) is 0 Å². The number of phenols is 1. The van der Waals surface area contributed by atoms with E-state index in [1.54, 1.807) is 18.2 Å². The van der Waals surface area contributed by atoms with E-state index in [1.165, 1.54) is 6.07 Å². The van der Waals surface area contributed by atoms with E-state index >= 15 is 0 Å². The Bertz CT molecular complexity index is 418. The summed E-state index contributed by atoms with van der Waals surface area (Å²) in [6, 6.07) is 4.94. The van der Waals surface area contributed by atoms with Crippen molar-refractivity contribution in [2.24, 2.45) is 0 Å². The molecule has 4 N–H and O–H groups in total. The summed E-state index contributed by atoms with van der Waals surface area (Å²) in [6.45, 7) is -0.679. The SMILES string of the molecule is O=C(Cc1ccccc1O)NC(CO)C(=O)O. The Morgan fingerprint density at radius 1 is 1.29 bits per heavy atom. The van der Waals surface area contributed by atoms with Gasteiger partial charge < -0.3 is 20.6 Å². The summed E-state index contributed by atoms with van der Waals surface area (Å²) in [5.74, 6) is -1.91. The van der Waals surface area contributed by atoms with Crippen molar-refractivity contribution in [3.8, 4) is 5.75 Å². The quantitative estimate of drug-likeness (QED) is 0.554. The predicted octanol–water partition coefficient (Wildman–Crippen LogP) is -0.504. The van der Waals surface area contributed by atoms with Crippen molar-refractivity contribution in [1.82, 2.24) is 5.32 Å². The van der Waals surface area contributed by atoms with Crippen LogP contribution in [0.15, 0.2) is 24.3 Å². The topological polar surface area (TPSA) is 107 Å². The van der Waals surface area contributed by atoms with Gasteiger partial charge in [0, 0.05) is 5.56 Å². The lowest BCUT2D eigenvalue weighted by Crippen LogP contribution is -2.43. The van der Waals surface area contributed by atoms with Crippen LogP contribution in [0.4, 0.5) is 0 Å². The van der Waals surface area contributed by atoms with E-state index in [2.05, 4.69) is 5.32 Å². The molecule has 1 atom stereocenters. The van der Waals surface area contributed by atoms with E-state index in [-0.39, 0.29) is 12.2 Å². The van der Waals surface area contributed by atoms with Gasteiger partial charge >= 0.3 is 5.97 Å². The van der Waals surface area contributed by atoms with Gasteiger partial charge in [-0.3, -0.25) is 4.79 Å². The highest BCUT2D eigenvalue weighted by Gasteiger charge is 2.19. The molecule has 6 heteroatoms. The van der Waals surface area contributed by atoms with Crippen molar-refractivity contribution in [2.45, 2.75) is 12.5 Å². The number of aliphatic hydroxyl groups excluding tert-OH is 1. The van der Waals surface area contributed by atoms with Crippen molar-refractivity contribution in [3.05, 3.63) is 29.8 Å². The summed E-state index contributed by atoms with van der Waals surface area (Å²) in [6.07, 6.45) is -0.142. The highest BCUT2D eigenvalue weighted by atomic mass is 16.4. The van der Waals surface area contributed by atoms with E-state index in [0.717, 1.165) is 0 Å². The number of rotatable bonds is 5. The number of nitrogens with one attached hydrogen (secondary N) is 1. The fraction of sp³-hybridized carbons (Fsp3) is 0.273. The van der Waals surface area contributed by atoms with Crippen LogP contribution in [0.3, 0.4) is 0 Å². The van der Waals surface area contributed by atoms with Crippen LogP contribution in [-0.4, -0.2) is 39.8 Å². The lowest BCUT2D eigenvalue weighted by molar-refractivity contribution is -0.142. The Kier molecular flexibility index (Phi) is 4.47. The summed E-state index contributed by atoms with van der Waals surface area (Å²) >= 11 is 0. The van der Waals surface area contributed by atoms with E-state index in [4.69, 9.17) is 10.2 Å². The highest BCUT2D eigenvalue weighted by Crippen LogP contribution is 2.15. The minimum atomic E-state index is -1.33. The number of hydrogen-bond donors (Lipinski definition) is 4. The largest absolute Gasteiger partial charge is 0.508 e. The molecule has 0 spiro atoms. The van der Waals surface area contributed by atoms with Gasteiger partial charge in [-0.1, -0.05) is 18.2 Å². The number of benzene rings is 1. The molecule has 0 saturated heterocycles. The van der Waals surface area contributed by atoms with E-state index < -0.39 is 24.5 Å². The van der Waals surface area contributed by atoms with Gasteiger partial charge in [0.2, 0.25) is 5.91 Å². The maximum atomic E-state index is 11.4. The molecular formula is C11H13NO5. The Balaban J connectivity index is 2.61. The molecular weight excluding hydrogens is 226 g/mol. The zero-order chi connectivity index (χ0) is 12.8. The predicted molar refractivity (Wildman–Crippen MR) is 58.5 cm³/mol. The number of phenolic OH excluding ortho intramolecular Hbond substituents is 1. The van der Waals surface area contributed by atoms with Crippen molar-refractivity contribution >= 4 is 11.9 Å². The van der Waals surface area contributed by atoms with Gasteiger partial charge in [-0.05, 0) is 6.07 Å². The minimum absolute atomic E-state index is 0.0291. The number of carboxylic acids is 1.